The maximum absolute atomic E-state index is 12.6. The number of fused-ring (bicyclic) bond motifs is 3. The Morgan fingerprint density at radius 2 is 2.18 bits per heavy atom. The lowest BCUT2D eigenvalue weighted by atomic mass is 9.88. The van der Waals surface area contributed by atoms with Gasteiger partial charge in [0, 0.05) is 10.8 Å². The van der Waals surface area contributed by atoms with Gasteiger partial charge in [0.15, 0.2) is 0 Å². The van der Waals surface area contributed by atoms with Crippen LogP contribution in [0.15, 0.2) is 0 Å². The Morgan fingerprint density at radius 1 is 1.32 bits per heavy atom. The molecule has 2 bridgehead atoms. The number of anilines is 1. The van der Waals surface area contributed by atoms with E-state index in [9.17, 15) is 10.1 Å². The summed E-state index contributed by atoms with van der Waals surface area (Å²) in [6, 6.07) is 2.34. The van der Waals surface area contributed by atoms with Crippen molar-refractivity contribution in [3.05, 3.63) is 16.0 Å². The van der Waals surface area contributed by atoms with Crippen molar-refractivity contribution in [2.75, 3.05) is 5.32 Å². The molecule has 0 aliphatic heterocycles. The molecule has 3 aliphatic carbocycles. The highest BCUT2D eigenvalue weighted by atomic mass is 32.1. The summed E-state index contributed by atoms with van der Waals surface area (Å²) in [6.07, 6.45) is 8.01. The van der Waals surface area contributed by atoms with Crippen LogP contribution in [-0.4, -0.2) is 5.91 Å². The van der Waals surface area contributed by atoms with Gasteiger partial charge in [-0.2, -0.15) is 5.26 Å². The highest BCUT2D eigenvalue weighted by Gasteiger charge is 2.43. The summed E-state index contributed by atoms with van der Waals surface area (Å²) in [4.78, 5) is 14.0. The molecule has 3 nitrogen and oxygen atoms in total. The molecule has 1 amide bonds. The van der Waals surface area contributed by atoms with Crippen LogP contribution in [0, 0.1) is 35.0 Å². The van der Waals surface area contributed by atoms with Crippen LogP contribution < -0.4 is 5.32 Å². The summed E-state index contributed by atoms with van der Waals surface area (Å²) in [5, 5.41) is 13.4. The van der Waals surface area contributed by atoms with Crippen LogP contribution >= 0.6 is 11.3 Å². The van der Waals surface area contributed by atoms with Crippen LogP contribution in [0.1, 0.15) is 55.0 Å². The first-order chi connectivity index (χ1) is 10.7. The van der Waals surface area contributed by atoms with Gasteiger partial charge in [-0.3, -0.25) is 4.79 Å². The van der Waals surface area contributed by atoms with Crippen molar-refractivity contribution in [1.29, 1.82) is 5.26 Å². The Bertz CT molecular complexity index is 657. The number of thiophene rings is 1. The minimum atomic E-state index is 0.162. The van der Waals surface area contributed by atoms with Crippen molar-refractivity contribution in [1.82, 2.24) is 0 Å². The summed E-state index contributed by atoms with van der Waals surface area (Å²) in [5.41, 5.74) is 1.94. The minimum Gasteiger partial charge on any atom is -0.316 e. The first-order valence-corrected chi connectivity index (χ1v) is 9.32. The van der Waals surface area contributed by atoms with Crippen molar-refractivity contribution in [3.63, 3.8) is 0 Å². The molecule has 3 aliphatic rings. The van der Waals surface area contributed by atoms with E-state index >= 15 is 0 Å². The number of rotatable bonds is 2. The van der Waals surface area contributed by atoms with Crippen LogP contribution in [-0.2, 0) is 17.6 Å². The van der Waals surface area contributed by atoms with E-state index in [0.29, 0.717) is 11.8 Å². The average Bonchev–Trinajstić information content (AvgIpc) is 3.19. The van der Waals surface area contributed by atoms with Crippen LogP contribution in [0.3, 0.4) is 0 Å². The number of nitrogens with zero attached hydrogens (tertiary/aromatic N) is 1. The lowest BCUT2D eigenvalue weighted by Gasteiger charge is -2.20. The molecule has 4 heteroatoms. The quantitative estimate of drug-likeness (QED) is 0.892. The molecular formula is C18H22N2OS. The third-order valence-electron chi connectivity index (χ3n) is 5.94. The molecule has 0 unspecified atom stereocenters. The molecule has 0 aromatic carbocycles. The number of nitrogens with one attached hydrogen (secondary N) is 1. The van der Waals surface area contributed by atoms with E-state index in [-0.39, 0.29) is 11.8 Å². The predicted molar refractivity (Wildman–Crippen MR) is 87.8 cm³/mol. The van der Waals surface area contributed by atoms with Crippen molar-refractivity contribution < 1.29 is 4.79 Å². The van der Waals surface area contributed by atoms with Crippen LogP contribution in [0.5, 0.6) is 0 Å². The minimum absolute atomic E-state index is 0.162. The molecule has 4 rings (SSSR count). The van der Waals surface area contributed by atoms with Gasteiger partial charge in [0.2, 0.25) is 5.91 Å². The smallest absolute Gasteiger partial charge is 0.228 e. The van der Waals surface area contributed by atoms with Gasteiger partial charge in [-0.25, -0.2) is 0 Å². The normalized spacial score (nSPS) is 32.5. The van der Waals surface area contributed by atoms with E-state index in [1.807, 2.05) is 0 Å². The number of hydrogen-bond acceptors (Lipinski definition) is 3. The zero-order chi connectivity index (χ0) is 15.3. The number of amides is 1. The molecule has 0 spiro atoms. The first kappa shape index (κ1) is 14.3. The third kappa shape index (κ3) is 2.27. The lowest BCUT2D eigenvalue weighted by molar-refractivity contribution is -0.121. The number of carbonyl (C=O) groups excluding carboxylic acids is 1. The summed E-state index contributed by atoms with van der Waals surface area (Å²) in [6.45, 7) is 2.27. The number of nitriles is 1. The molecule has 2 fully saturated rings. The molecule has 2 saturated carbocycles. The number of carbonyl (C=O) groups is 1. The fraction of sp³-hybridized carbons (Fsp3) is 0.667. The lowest BCUT2D eigenvalue weighted by Crippen LogP contribution is -2.27. The predicted octanol–water partition coefficient (Wildman–Crippen LogP) is 4.12. The molecule has 0 radical (unpaired) electrons. The second kappa shape index (κ2) is 5.38. The Balaban J connectivity index is 1.56. The molecule has 22 heavy (non-hydrogen) atoms. The molecule has 1 aromatic rings. The Kier molecular flexibility index (Phi) is 3.49. The largest absolute Gasteiger partial charge is 0.316 e. The van der Waals surface area contributed by atoms with E-state index in [1.165, 1.54) is 29.7 Å². The van der Waals surface area contributed by atoms with Gasteiger partial charge in [0.05, 0.1) is 5.56 Å². The summed E-state index contributed by atoms with van der Waals surface area (Å²) in [7, 11) is 0. The third-order valence-corrected chi connectivity index (χ3v) is 7.10. The van der Waals surface area contributed by atoms with Crippen molar-refractivity contribution in [3.8, 4) is 6.07 Å². The van der Waals surface area contributed by atoms with Gasteiger partial charge in [0.25, 0.3) is 0 Å². The molecular weight excluding hydrogens is 292 g/mol. The highest BCUT2D eigenvalue weighted by molar-refractivity contribution is 7.16. The SMILES string of the molecule is C[C@@H]1CCc2c(sc(NC(=O)[C@@H]3C[C@H]4CC[C@@H]3C4)c2C#N)C1. The van der Waals surface area contributed by atoms with Gasteiger partial charge in [0.1, 0.15) is 11.1 Å². The molecule has 1 heterocycles. The van der Waals surface area contributed by atoms with Gasteiger partial charge >= 0.3 is 0 Å². The average molecular weight is 314 g/mol. The first-order valence-electron chi connectivity index (χ1n) is 8.51. The fourth-order valence-corrected chi connectivity index (χ4v) is 6.09. The van der Waals surface area contributed by atoms with Crippen molar-refractivity contribution in [2.24, 2.45) is 23.7 Å². The zero-order valence-electron chi connectivity index (χ0n) is 13.0. The van der Waals surface area contributed by atoms with E-state index < -0.39 is 0 Å². The Morgan fingerprint density at radius 3 is 2.86 bits per heavy atom. The molecule has 4 atom stereocenters. The summed E-state index contributed by atoms with van der Waals surface area (Å²) in [5.74, 6) is 2.39. The van der Waals surface area contributed by atoms with Crippen LogP contribution in [0.2, 0.25) is 0 Å². The van der Waals surface area contributed by atoms with E-state index in [0.717, 1.165) is 42.2 Å². The van der Waals surface area contributed by atoms with Gasteiger partial charge in [-0.15, -0.1) is 11.3 Å². The Hall–Kier alpha value is -1.34. The van der Waals surface area contributed by atoms with Crippen LogP contribution in [0.25, 0.3) is 0 Å². The fourth-order valence-electron chi connectivity index (χ4n) is 4.73. The maximum atomic E-state index is 12.6. The second-order valence-corrected chi connectivity index (χ2v) is 8.54. The van der Waals surface area contributed by atoms with Gasteiger partial charge < -0.3 is 5.32 Å². The number of hydrogen-bond donors (Lipinski definition) is 1. The van der Waals surface area contributed by atoms with Crippen molar-refractivity contribution >= 4 is 22.2 Å². The monoisotopic (exact) mass is 314 g/mol. The molecule has 1 aromatic heterocycles. The Labute approximate surface area is 135 Å². The van der Waals surface area contributed by atoms with Crippen molar-refractivity contribution in [2.45, 2.75) is 51.9 Å². The van der Waals surface area contributed by atoms with Gasteiger partial charge in [-0.1, -0.05) is 13.3 Å². The molecule has 116 valence electrons. The van der Waals surface area contributed by atoms with Crippen LogP contribution in [0.4, 0.5) is 5.00 Å². The standard InChI is InChI=1S/C18H22N2OS/c1-10-2-5-13-15(9-19)18(22-16(13)6-10)20-17(21)14-8-11-3-4-12(14)7-11/h10-12,14H,2-8H2,1H3,(H,20,21)/t10-,11+,12-,14-/m1/s1. The highest BCUT2D eigenvalue weighted by Crippen LogP contribution is 2.49. The molecule has 0 saturated heterocycles. The zero-order valence-corrected chi connectivity index (χ0v) is 13.8. The van der Waals surface area contributed by atoms with Gasteiger partial charge in [-0.05, 0) is 61.8 Å². The topological polar surface area (TPSA) is 52.9 Å². The molecule has 1 N–H and O–H groups in total. The van der Waals surface area contributed by atoms with E-state index in [2.05, 4.69) is 18.3 Å². The van der Waals surface area contributed by atoms with E-state index in [4.69, 9.17) is 0 Å². The summed E-state index contributed by atoms with van der Waals surface area (Å²) < 4.78 is 0. The maximum Gasteiger partial charge on any atom is 0.228 e. The summed E-state index contributed by atoms with van der Waals surface area (Å²) >= 11 is 1.64. The second-order valence-electron chi connectivity index (χ2n) is 7.44. The van der Waals surface area contributed by atoms with E-state index in [1.54, 1.807) is 11.3 Å².